The van der Waals surface area contributed by atoms with Crippen molar-refractivity contribution in [1.82, 2.24) is 15.2 Å². The number of aliphatic imine (C=N–C) groups is 1. The zero-order chi connectivity index (χ0) is 18.6. The van der Waals surface area contributed by atoms with Crippen LogP contribution in [-0.2, 0) is 6.54 Å². The van der Waals surface area contributed by atoms with Crippen LogP contribution in [0.2, 0.25) is 0 Å². The number of aryl methyl sites for hydroxylation is 1. The Hall–Kier alpha value is -3.02. The normalized spacial score (nSPS) is 15.4. The molecular formula is C21H25N5O. The predicted molar refractivity (Wildman–Crippen MR) is 109 cm³/mol. The van der Waals surface area contributed by atoms with Crippen molar-refractivity contribution in [3.8, 4) is 0 Å². The number of benzene rings is 1. The number of furan rings is 1. The molecule has 0 radical (unpaired) electrons. The maximum atomic E-state index is 6.00. The maximum Gasteiger partial charge on any atom is 0.194 e. The smallest absolute Gasteiger partial charge is 0.194 e. The Morgan fingerprint density at radius 1 is 1.11 bits per heavy atom. The summed E-state index contributed by atoms with van der Waals surface area (Å²) in [6, 6.07) is 14.2. The number of nitrogens with zero attached hydrogens (tertiary/aromatic N) is 4. The molecule has 0 atom stereocenters. The molecule has 6 nitrogen and oxygen atoms in total. The van der Waals surface area contributed by atoms with E-state index in [1.807, 2.05) is 43.6 Å². The highest BCUT2D eigenvalue weighted by Gasteiger charge is 2.21. The molecule has 1 saturated heterocycles. The van der Waals surface area contributed by atoms with Gasteiger partial charge in [0.25, 0.3) is 0 Å². The van der Waals surface area contributed by atoms with Gasteiger partial charge in [0, 0.05) is 50.4 Å². The molecule has 3 heterocycles. The molecule has 1 aliphatic heterocycles. The summed E-state index contributed by atoms with van der Waals surface area (Å²) in [5.74, 6) is 2.91. The van der Waals surface area contributed by atoms with E-state index in [1.54, 1.807) is 0 Å². The van der Waals surface area contributed by atoms with Crippen LogP contribution in [0.4, 0.5) is 5.82 Å². The summed E-state index contributed by atoms with van der Waals surface area (Å²) in [5, 5.41) is 4.63. The van der Waals surface area contributed by atoms with Gasteiger partial charge in [0.15, 0.2) is 5.96 Å². The number of aromatic nitrogens is 1. The summed E-state index contributed by atoms with van der Waals surface area (Å²) in [4.78, 5) is 13.5. The molecule has 1 N–H and O–H groups in total. The number of hydrogen-bond acceptors (Lipinski definition) is 4. The summed E-state index contributed by atoms with van der Waals surface area (Å²) in [5.41, 5.74) is 2.12. The average Bonchev–Trinajstić information content (AvgIpc) is 3.05. The van der Waals surface area contributed by atoms with E-state index < -0.39 is 0 Å². The van der Waals surface area contributed by atoms with Gasteiger partial charge in [-0.1, -0.05) is 24.3 Å². The Kier molecular flexibility index (Phi) is 4.96. The number of guanidine groups is 1. The van der Waals surface area contributed by atoms with E-state index >= 15 is 0 Å². The minimum atomic E-state index is 0.633. The van der Waals surface area contributed by atoms with Gasteiger partial charge in [0.2, 0.25) is 0 Å². The zero-order valence-electron chi connectivity index (χ0n) is 15.9. The molecule has 0 spiro atoms. The number of nitrogens with one attached hydrogen (secondary N) is 1. The second kappa shape index (κ2) is 7.70. The van der Waals surface area contributed by atoms with E-state index in [9.17, 15) is 0 Å². The van der Waals surface area contributed by atoms with Gasteiger partial charge in [0.05, 0.1) is 6.54 Å². The van der Waals surface area contributed by atoms with Gasteiger partial charge in [-0.05, 0) is 25.1 Å². The first-order chi connectivity index (χ1) is 13.3. The van der Waals surface area contributed by atoms with Crippen LogP contribution in [-0.4, -0.2) is 49.1 Å². The van der Waals surface area contributed by atoms with Gasteiger partial charge in [-0.3, -0.25) is 4.99 Å². The molecule has 1 fully saturated rings. The molecule has 0 saturated carbocycles. The maximum absolute atomic E-state index is 6.00. The fraction of sp³-hybridized carbons (Fsp3) is 0.333. The molecule has 1 aromatic carbocycles. The van der Waals surface area contributed by atoms with E-state index in [1.165, 1.54) is 10.9 Å². The molecule has 0 aliphatic carbocycles. The standard InChI is InChI=1S/C21H25N5O/c1-16-17-7-3-4-8-18(17)27-19(16)15-24-21(22-2)26-13-11-25(12-14-26)20-9-5-6-10-23-20/h3-10H,11-15H2,1-2H3,(H,22,24). The summed E-state index contributed by atoms with van der Waals surface area (Å²) in [6.07, 6.45) is 1.85. The van der Waals surface area contributed by atoms with Crippen LogP contribution in [0.25, 0.3) is 11.0 Å². The quantitative estimate of drug-likeness (QED) is 0.573. The summed E-state index contributed by atoms with van der Waals surface area (Å²) < 4.78 is 6.00. The van der Waals surface area contributed by atoms with E-state index in [0.717, 1.165) is 49.3 Å². The third-order valence-corrected chi connectivity index (χ3v) is 5.11. The molecule has 27 heavy (non-hydrogen) atoms. The van der Waals surface area contributed by atoms with E-state index in [0.29, 0.717) is 6.54 Å². The largest absolute Gasteiger partial charge is 0.459 e. The third-order valence-electron chi connectivity index (χ3n) is 5.11. The second-order valence-electron chi connectivity index (χ2n) is 6.71. The molecule has 0 amide bonds. The Balaban J connectivity index is 1.38. The summed E-state index contributed by atoms with van der Waals surface area (Å²) in [7, 11) is 1.83. The lowest BCUT2D eigenvalue weighted by Crippen LogP contribution is -2.52. The first-order valence-electron chi connectivity index (χ1n) is 9.35. The van der Waals surface area contributed by atoms with Crippen LogP contribution in [0.3, 0.4) is 0 Å². The molecule has 3 aromatic rings. The highest BCUT2D eigenvalue weighted by molar-refractivity contribution is 5.83. The van der Waals surface area contributed by atoms with Crippen molar-refractivity contribution in [3.63, 3.8) is 0 Å². The Morgan fingerprint density at radius 3 is 2.59 bits per heavy atom. The van der Waals surface area contributed by atoms with Crippen LogP contribution in [0.5, 0.6) is 0 Å². The molecule has 1 aliphatic rings. The van der Waals surface area contributed by atoms with E-state index in [4.69, 9.17) is 4.42 Å². The van der Waals surface area contributed by atoms with Crippen LogP contribution in [0, 0.1) is 6.92 Å². The minimum absolute atomic E-state index is 0.633. The Labute approximate surface area is 159 Å². The van der Waals surface area contributed by atoms with E-state index in [2.05, 4.69) is 44.1 Å². The van der Waals surface area contributed by atoms with Gasteiger partial charge < -0.3 is 19.5 Å². The van der Waals surface area contributed by atoms with Crippen LogP contribution >= 0.6 is 0 Å². The number of fused-ring (bicyclic) bond motifs is 1. The number of rotatable bonds is 3. The number of hydrogen-bond donors (Lipinski definition) is 1. The van der Waals surface area contributed by atoms with E-state index in [-0.39, 0.29) is 0 Å². The lowest BCUT2D eigenvalue weighted by Gasteiger charge is -2.37. The second-order valence-corrected chi connectivity index (χ2v) is 6.71. The third kappa shape index (κ3) is 3.60. The van der Waals surface area contributed by atoms with Crippen molar-refractivity contribution < 1.29 is 4.42 Å². The fourth-order valence-electron chi connectivity index (χ4n) is 3.57. The minimum Gasteiger partial charge on any atom is -0.459 e. The van der Waals surface area contributed by atoms with Crippen LogP contribution < -0.4 is 10.2 Å². The van der Waals surface area contributed by atoms with Crippen molar-refractivity contribution in [3.05, 3.63) is 60.0 Å². The lowest BCUT2D eigenvalue weighted by molar-refractivity contribution is 0.369. The van der Waals surface area contributed by atoms with Gasteiger partial charge in [0.1, 0.15) is 17.2 Å². The predicted octanol–water partition coefficient (Wildman–Crippen LogP) is 3.03. The number of piperazine rings is 1. The number of para-hydroxylation sites is 1. The average molecular weight is 363 g/mol. The molecule has 6 heteroatoms. The van der Waals surface area contributed by atoms with Gasteiger partial charge >= 0.3 is 0 Å². The van der Waals surface area contributed by atoms with Crippen LogP contribution in [0.1, 0.15) is 11.3 Å². The van der Waals surface area contributed by atoms with Gasteiger partial charge in [-0.25, -0.2) is 4.98 Å². The Bertz CT molecular complexity index is 926. The molecule has 0 unspecified atom stereocenters. The molecule has 140 valence electrons. The van der Waals surface area contributed by atoms with Gasteiger partial charge in [-0.15, -0.1) is 0 Å². The summed E-state index contributed by atoms with van der Waals surface area (Å²) in [6.45, 7) is 6.43. The first kappa shape index (κ1) is 17.4. The monoisotopic (exact) mass is 363 g/mol. The lowest BCUT2D eigenvalue weighted by atomic mass is 10.1. The van der Waals surface area contributed by atoms with Crippen LogP contribution in [0.15, 0.2) is 58.1 Å². The fourth-order valence-corrected chi connectivity index (χ4v) is 3.57. The van der Waals surface area contributed by atoms with Gasteiger partial charge in [-0.2, -0.15) is 0 Å². The SMILES string of the molecule is CN=C(NCc1oc2ccccc2c1C)N1CCN(c2ccccn2)CC1. The van der Waals surface area contributed by atoms with Crippen molar-refractivity contribution in [2.24, 2.45) is 4.99 Å². The van der Waals surface area contributed by atoms with Crippen molar-refractivity contribution in [2.45, 2.75) is 13.5 Å². The first-order valence-corrected chi connectivity index (χ1v) is 9.35. The molecule has 2 aromatic heterocycles. The van der Waals surface area contributed by atoms with Crippen molar-refractivity contribution in [1.29, 1.82) is 0 Å². The zero-order valence-corrected chi connectivity index (χ0v) is 15.9. The van der Waals surface area contributed by atoms with Crippen molar-refractivity contribution >= 4 is 22.7 Å². The Morgan fingerprint density at radius 2 is 1.89 bits per heavy atom. The van der Waals surface area contributed by atoms with Crippen molar-refractivity contribution in [2.75, 3.05) is 38.1 Å². The topological polar surface area (TPSA) is 56.9 Å². The highest BCUT2D eigenvalue weighted by Crippen LogP contribution is 2.24. The molecule has 4 rings (SSSR count). The summed E-state index contributed by atoms with van der Waals surface area (Å²) >= 11 is 0. The molecular weight excluding hydrogens is 338 g/mol. The number of pyridine rings is 1. The number of anilines is 1. The highest BCUT2D eigenvalue weighted by atomic mass is 16.3. The molecule has 0 bridgehead atoms.